The van der Waals surface area contributed by atoms with Gasteiger partial charge in [-0.1, -0.05) is 11.2 Å². The highest BCUT2D eigenvalue weighted by Crippen LogP contribution is 2.29. The number of carbonyl (C=O) groups excluding carboxylic acids is 1. The summed E-state index contributed by atoms with van der Waals surface area (Å²) in [6.45, 7) is 1.34. The number of rotatable bonds is 4. The molecule has 0 aliphatic rings. The van der Waals surface area contributed by atoms with Gasteiger partial charge in [-0.25, -0.2) is 4.98 Å². The van der Waals surface area contributed by atoms with E-state index in [1.165, 1.54) is 18.2 Å². The number of ether oxygens (including phenoxy) is 1. The second-order valence-electron chi connectivity index (χ2n) is 5.21. The lowest BCUT2D eigenvalue weighted by molar-refractivity contribution is -0.141. The second kappa shape index (κ2) is 6.42. The Kier molecular flexibility index (Phi) is 4.30. The summed E-state index contributed by atoms with van der Waals surface area (Å²) in [7, 11) is 0. The van der Waals surface area contributed by atoms with E-state index in [9.17, 15) is 18.0 Å². The summed E-state index contributed by atoms with van der Waals surface area (Å²) in [5, 5.41) is 6.60. The van der Waals surface area contributed by atoms with Crippen molar-refractivity contribution in [2.24, 2.45) is 0 Å². The molecule has 1 N–H and O–H groups in total. The fourth-order valence-electron chi connectivity index (χ4n) is 2.10. The van der Waals surface area contributed by atoms with Crippen LogP contribution in [0.2, 0.25) is 0 Å². The molecule has 0 saturated heterocycles. The van der Waals surface area contributed by atoms with Crippen LogP contribution in [0, 0.1) is 6.92 Å². The summed E-state index contributed by atoms with van der Waals surface area (Å²) in [4.78, 5) is 15.3. The second-order valence-corrected chi connectivity index (χ2v) is 5.21. The van der Waals surface area contributed by atoms with Crippen molar-refractivity contribution >= 4 is 22.6 Å². The molecule has 130 valence electrons. The fraction of sp³-hybridized carbons (Fsp3) is 0.188. The molecule has 2 heterocycles. The first-order valence-electron chi connectivity index (χ1n) is 7.15. The number of anilines is 1. The molecule has 0 saturated carbocycles. The maximum atomic E-state index is 12.7. The zero-order valence-corrected chi connectivity index (χ0v) is 12.9. The molecule has 1 aromatic carbocycles. The molecule has 1 amide bonds. The lowest BCUT2D eigenvalue weighted by Crippen LogP contribution is -2.20. The highest BCUT2D eigenvalue weighted by molar-refractivity contribution is 5.91. The molecule has 0 aliphatic carbocycles. The van der Waals surface area contributed by atoms with Crippen LogP contribution in [0.4, 0.5) is 19.0 Å². The number of hydrogen-bond donors (Lipinski definition) is 1. The Morgan fingerprint density at radius 3 is 2.68 bits per heavy atom. The Bertz CT molecular complexity index is 922. The van der Waals surface area contributed by atoms with E-state index in [1.54, 1.807) is 19.1 Å². The van der Waals surface area contributed by atoms with Crippen LogP contribution in [0.5, 0.6) is 5.75 Å². The van der Waals surface area contributed by atoms with Gasteiger partial charge in [0.15, 0.2) is 12.4 Å². The number of benzene rings is 1. The minimum atomic E-state index is -4.53. The smallest absolute Gasteiger partial charge is 0.433 e. The van der Waals surface area contributed by atoms with Crippen molar-refractivity contribution in [2.45, 2.75) is 13.1 Å². The van der Waals surface area contributed by atoms with Crippen LogP contribution in [-0.4, -0.2) is 22.7 Å². The monoisotopic (exact) mass is 351 g/mol. The van der Waals surface area contributed by atoms with Crippen molar-refractivity contribution in [3.63, 3.8) is 0 Å². The lowest BCUT2D eigenvalue weighted by Gasteiger charge is -2.09. The summed E-state index contributed by atoms with van der Waals surface area (Å²) in [6.07, 6.45) is -4.53. The summed E-state index contributed by atoms with van der Waals surface area (Å²) in [5.41, 5.74) is -0.865. The summed E-state index contributed by atoms with van der Waals surface area (Å²) in [6, 6.07) is 8.24. The number of alkyl halides is 3. The van der Waals surface area contributed by atoms with Gasteiger partial charge in [0.1, 0.15) is 17.2 Å². The van der Waals surface area contributed by atoms with E-state index in [0.717, 1.165) is 6.07 Å². The largest absolute Gasteiger partial charge is 0.484 e. The Morgan fingerprint density at radius 1 is 1.24 bits per heavy atom. The van der Waals surface area contributed by atoms with Crippen LogP contribution in [0.3, 0.4) is 0 Å². The molecule has 0 atom stereocenters. The van der Waals surface area contributed by atoms with Crippen LogP contribution in [0.15, 0.2) is 40.9 Å². The van der Waals surface area contributed by atoms with E-state index in [2.05, 4.69) is 15.5 Å². The Morgan fingerprint density at radius 2 is 2.00 bits per heavy atom. The molecular formula is C16H12F3N3O3. The quantitative estimate of drug-likeness (QED) is 0.778. The molecule has 0 spiro atoms. The zero-order chi connectivity index (χ0) is 18.0. The zero-order valence-electron chi connectivity index (χ0n) is 12.9. The number of nitrogens with zero attached hydrogens (tertiary/aromatic N) is 2. The number of fused-ring (bicyclic) bond motifs is 1. The Balaban J connectivity index is 1.69. The number of halogens is 3. The summed E-state index contributed by atoms with van der Waals surface area (Å²) >= 11 is 0. The van der Waals surface area contributed by atoms with Crippen LogP contribution < -0.4 is 10.1 Å². The first-order valence-corrected chi connectivity index (χ1v) is 7.15. The van der Waals surface area contributed by atoms with Crippen LogP contribution in [-0.2, 0) is 11.0 Å². The molecule has 0 aliphatic heterocycles. The van der Waals surface area contributed by atoms with Crippen LogP contribution >= 0.6 is 0 Å². The molecule has 6 nitrogen and oxygen atoms in total. The number of nitrogens with one attached hydrogen (secondary N) is 1. The van der Waals surface area contributed by atoms with Crippen molar-refractivity contribution in [1.29, 1.82) is 0 Å². The minimum absolute atomic E-state index is 0.125. The van der Waals surface area contributed by atoms with E-state index < -0.39 is 17.8 Å². The first kappa shape index (κ1) is 16.7. The van der Waals surface area contributed by atoms with Gasteiger partial charge in [0.25, 0.3) is 5.91 Å². The number of pyridine rings is 1. The average Bonchev–Trinajstić information content (AvgIpc) is 2.96. The molecule has 9 heteroatoms. The van der Waals surface area contributed by atoms with Crippen LogP contribution in [0.25, 0.3) is 10.9 Å². The van der Waals surface area contributed by atoms with Gasteiger partial charge in [0, 0.05) is 17.5 Å². The number of hydrogen-bond acceptors (Lipinski definition) is 5. The van der Waals surface area contributed by atoms with E-state index >= 15 is 0 Å². The molecular weight excluding hydrogens is 339 g/mol. The number of aryl methyl sites for hydroxylation is 1. The van der Waals surface area contributed by atoms with Gasteiger partial charge in [0.2, 0.25) is 0 Å². The highest BCUT2D eigenvalue weighted by atomic mass is 19.4. The maximum Gasteiger partial charge on any atom is 0.433 e. The standard InChI is InChI=1S/C16H12F3N3O3/c1-9-6-14(22-25-9)21-15(23)8-24-11-4-2-10-3-5-13(16(17,18)19)20-12(10)7-11/h2-7H,8H2,1H3,(H,21,22,23). The van der Waals surface area contributed by atoms with Gasteiger partial charge < -0.3 is 14.6 Å². The van der Waals surface area contributed by atoms with Gasteiger partial charge in [0.05, 0.1) is 5.52 Å². The Hall–Kier alpha value is -3.10. The maximum absolute atomic E-state index is 12.7. The van der Waals surface area contributed by atoms with Gasteiger partial charge in [-0.3, -0.25) is 4.79 Å². The van der Waals surface area contributed by atoms with Crippen molar-refractivity contribution in [2.75, 3.05) is 11.9 Å². The third kappa shape index (κ3) is 4.06. The predicted octanol–water partition coefficient (Wildman–Crippen LogP) is 3.57. The van der Waals surface area contributed by atoms with E-state index in [4.69, 9.17) is 9.26 Å². The molecule has 25 heavy (non-hydrogen) atoms. The average molecular weight is 351 g/mol. The third-order valence-corrected chi connectivity index (χ3v) is 3.22. The fourth-order valence-corrected chi connectivity index (χ4v) is 2.10. The van der Waals surface area contributed by atoms with Gasteiger partial charge >= 0.3 is 6.18 Å². The molecule has 0 radical (unpaired) electrons. The van der Waals surface area contributed by atoms with E-state index in [1.807, 2.05) is 0 Å². The lowest BCUT2D eigenvalue weighted by atomic mass is 10.2. The number of amides is 1. The SMILES string of the molecule is Cc1cc(NC(=O)COc2ccc3ccc(C(F)(F)F)nc3c2)no1. The highest BCUT2D eigenvalue weighted by Gasteiger charge is 2.32. The summed E-state index contributed by atoms with van der Waals surface area (Å²) < 4.78 is 48.3. The molecule has 0 fully saturated rings. The topological polar surface area (TPSA) is 77.2 Å². The minimum Gasteiger partial charge on any atom is -0.484 e. The molecule has 0 bridgehead atoms. The van der Waals surface area contributed by atoms with Crippen molar-refractivity contribution in [3.05, 3.63) is 47.9 Å². The van der Waals surface area contributed by atoms with Gasteiger partial charge in [-0.2, -0.15) is 13.2 Å². The molecule has 2 aromatic heterocycles. The predicted molar refractivity (Wildman–Crippen MR) is 82.1 cm³/mol. The Labute approximate surface area is 139 Å². The normalized spacial score (nSPS) is 11.5. The number of carbonyl (C=O) groups is 1. The van der Waals surface area contributed by atoms with Gasteiger partial charge in [-0.15, -0.1) is 0 Å². The van der Waals surface area contributed by atoms with E-state index in [-0.39, 0.29) is 23.7 Å². The van der Waals surface area contributed by atoms with E-state index in [0.29, 0.717) is 11.1 Å². The van der Waals surface area contributed by atoms with Crippen molar-refractivity contribution in [1.82, 2.24) is 10.1 Å². The van der Waals surface area contributed by atoms with Crippen molar-refractivity contribution < 1.29 is 27.2 Å². The number of aromatic nitrogens is 2. The van der Waals surface area contributed by atoms with Crippen molar-refractivity contribution in [3.8, 4) is 5.75 Å². The third-order valence-electron chi connectivity index (χ3n) is 3.22. The van der Waals surface area contributed by atoms with Crippen LogP contribution in [0.1, 0.15) is 11.5 Å². The molecule has 0 unspecified atom stereocenters. The molecule has 3 aromatic rings. The molecule has 3 rings (SSSR count). The first-order chi connectivity index (χ1) is 11.8. The van der Waals surface area contributed by atoms with Gasteiger partial charge in [-0.05, 0) is 25.1 Å². The summed E-state index contributed by atoms with van der Waals surface area (Å²) in [5.74, 6) is 0.537.